The number of sulfone groups is 1. The first kappa shape index (κ1) is 16.5. The predicted octanol–water partition coefficient (Wildman–Crippen LogP) is 1.61. The van der Waals surface area contributed by atoms with Crippen LogP contribution in [0.5, 0.6) is 0 Å². The fraction of sp³-hybridized carbons (Fsp3) is 0.467. The lowest BCUT2D eigenvalue weighted by Crippen LogP contribution is -2.38. The molecule has 120 valence electrons. The summed E-state index contributed by atoms with van der Waals surface area (Å²) in [6, 6.07) is 4.63. The van der Waals surface area contributed by atoms with Crippen LogP contribution in [0.2, 0.25) is 0 Å². The van der Waals surface area contributed by atoms with Crippen molar-refractivity contribution in [3.05, 3.63) is 29.8 Å². The van der Waals surface area contributed by atoms with Crippen LogP contribution < -0.4 is 5.32 Å². The fourth-order valence-electron chi connectivity index (χ4n) is 2.53. The summed E-state index contributed by atoms with van der Waals surface area (Å²) in [6.07, 6.45) is 3.22. The van der Waals surface area contributed by atoms with Gasteiger partial charge in [-0.1, -0.05) is 12.8 Å². The highest BCUT2D eigenvalue weighted by atomic mass is 32.2. The Labute approximate surface area is 129 Å². The molecule has 0 heterocycles. The van der Waals surface area contributed by atoms with E-state index in [0.717, 1.165) is 12.8 Å². The number of carbonyl (C=O) groups is 2. The number of carboxylic acids is 1. The Morgan fingerprint density at radius 3 is 2.23 bits per heavy atom. The Hall–Kier alpha value is -1.89. The van der Waals surface area contributed by atoms with Crippen molar-refractivity contribution >= 4 is 21.7 Å². The molecule has 1 aliphatic rings. The van der Waals surface area contributed by atoms with Gasteiger partial charge in [0, 0.05) is 5.56 Å². The molecule has 0 unspecified atom stereocenters. The van der Waals surface area contributed by atoms with E-state index in [0.29, 0.717) is 12.8 Å². The molecule has 0 bridgehead atoms. The maximum absolute atomic E-state index is 12.4. The number of hydrogen-bond donors (Lipinski definition) is 2. The molecule has 1 atom stereocenters. The van der Waals surface area contributed by atoms with Crippen molar-refractivity contribution in [2.24, 2.45) is 0 Å². The van der Waals surface area contributed by atoms with Crippen molar-refractivity contribution in [2.45, 2.75) is 48.8 Å². The van der Waals surface area contributed by atoms with Crippen molar-refractivity contribution in [3.8, 4) is 0 Å². The Bertz CT molecular complexity index is 660. The van der Waals surface area contributed by atoms with Gasteiger partial charge in [-0.15, -0.1) is 0 Å². The fourth-order valence-corrected chi connectivity index (χ4v) is 4.38. The minimum absolute atomic E-state index is 0.210. The second-order valence-electron chi connectivity index (χ2n) is 5.51. The molecular formula is C15H19NO5S. The van der Waals surface area contributed by atoms with E-state index >= 15 is 0 Å². The summed E-state index contributed by atoms with van der Waals surface area (Å²) in [5.41, 5.74) is 0.235. The van der Waals surface area contributed by atoms with Gasteiger partial charge in [-0.3, -0.25) is 9.59 Å². The standard InChI is InChI=1S/C15H19NO5S/c1-10(15(18)19)16-14(17)11-6-8-13(9-7-11)22(20,21)12-4-2-3-5-12/h6-10,12H,2-5H2,1H3,(H,16,17)(H,18,19)/t10-/m1/s1. The molecule has 1 amide bonds. The minimum Gasteiger partial charge on any atom is -0.480 e. The molecule has 1 aliphatic carbocycles. The normalized spacial score (nSPS) is 17.1. The zero-order valence-electron chi connectivity index (χ0n) is 12.3. The molecule has 2 rings (SSSR count). The number of aliphatic carboxylic acids is 1. The summed E-state index contributed by atoms with van der Waals surface area (Å²) >= 11 is 0. The molecule has 6 nitrogen and oxygen atoms in total. The molecule has 1 saturated carbocycles. The van der Waals surface area contributed by atoms with Gasteiger partial charge >= 0.3 is 5.97 Å². The molecule has 0 saturated heterocycles. The summed E-state index contributed by atoms with van der Waals surface area (Å²) in [5.74, 6) is -1.67. The number of carboxylic acid groups (broad SMARTS) is 1. The zero-order valence-corrected chi connectivity index (χ0v) is 13.1. The Balaban J connectivity index is 2.13. The van der Waals surface area contributed by atoms with Gasteiger partial charge in [0.25, 0.3) is 5.91 Å². The van der Waals surface area contributed by atoms with Crippen molar-refractivity contribution in [2.75, 3.05) is 0 Å². The first-order valence-corrected chi connectivity index (χ1v) is 8.74. The predicted molar refractivity (Wildman–Crippen MR) is 80.4 cm³/mol. The SMILES string of the molecule is C[C@@H](NC(=O)c1ccc(S(=O)(=O)C2CCCC2)cc1)C(=O)O. The average molecular weight is 325 g/mol. The van der Waals surface area contributed by atoms with Crippen LogP contribution in [0, 0.1) is 0 Å². The quantitative estimate of drug-likeness (QED) is 0.856. The molecular weight excluding hydrogens is 306 g/mol. The van der Waals surface area contributed by atoms with E-state index < -0.39 is 27.8 Å². The topological polar surface area (TPSA) is 101 Å². The third-order valence-corrected chi connectivity index (χ3v) is 6.18. The summed E-state index contributed by atoms with van der Waals surface area (Å²) in [7, 11) is -3.34. The Morgan fingerprint density at radius 1 is 1.18 bits per heavy atom. The highest BCUT2D eigenvalue weighted by Gasteiger charge is 2.30. The molecule has 0 aliphatic heterocycles. The van der Waals surface area contributed by atoms with Crippen LogP contribution in [0.3, 0.4) is 0 Å². The number of rotatable bonds is 5. The third kappa shape index (κ3) is 3.47. The first-order valence-electron chi connectivity index (χ1n) is 7.20. The van der Waals surface area contributed by atoms with Crippen LogP contribution in [0.25, 0.3) is 0 Å². The summed E-state index contributed by atoms with van der Waals surface area (Å²) in [5, 5.41) is 10.7. The second kappa shape index (κ2) is 6.48. The van der Waals surface area contributed by atoms with Crippen LogP contribution in [-0.2, 0) is 14.6 Å². The molecule has 0 spiro atoms. The average Bonchev–Trinajstić information content (AvgIpc) is 3.02. The largest absolute Gasteiger partial charge is 0.480 e. The highest BCUT2D eigenvalue weighted by Crippen LogP contribution is 2.29. The molecule has 22 heavy (non-hydrogen) atoms. The Kier molecular flexibility index (Phi) is 4.85. The van der Waals surface area contributed by atoms with Gasteiger partial charge in [0.2, 0.25) is 0 Å². The third-order valence-electron chi connectivity index (χ3n) is 3.90. The van der Waals surface area contributed by atoms with E-state index in [4.69, 9.17) is 5.11 Å². The first-order chi connectivity index (χ1) is 10.3. The van der Waals surface area contributed by atoms with E-state index in [1.54, 1.807) is 0 Å². The van der Waals surface area contributed by atoms with Gasteiger partial charge in [0.15, 0.2) is 9.84 Å². The molecule has 1 aromatic carbocycles. The molecule has 7 heteroatoms. The molecule has 0 aromatic heterocycles. The second-order valence-corrected chi connectivity index (χ2v) is 7.74. The van der Waals surface area contributed by atoms with Gasteiger partial charge in [0.1, 0.15) is 6.04 Å². The highest BCUT2D eigenvalue weighted by molar-refractivity contribution is 7.92. The number of nitrogens with one attached hydrogen (secondary N) is 1. The van der Waals surface area contributed by atoms with Crippen LogP contribution in [0.4, 0.5) is 0 Å². The zero-order chi connectivity index (χ0) is 16.3. The number of hydrogen-bond acceptors (Lipinski definition) is 4. The minimum atomic E-state index is -3.34. The van der Waals surface area contributed by atoms with Crippen LogP contribution >= 0.6 is 0 Å². The lowest BCUT2D eigenvalue weighted by Gasteiger charge is -2.12. The summed E-state index contributed by atoms with van der Waals surface area (Å²) < 4.78 is 24.8. The van der Waals surface area contributed by atoms with E-state index in [1.165, 1.54) is 31.2 Å². The van der Waals surface area contributed by atoms with Gasteiger partial charge in [-0.2, -0.15) is 0 Å². The van der Waals surface area contributed by atoms with Crippen molar-refractivity contribution in [1.29, 1.82) is 0 Å². The van der Waals surface area contributed by atoms with Crippen LogP contribution in [0.15, 0.2) is 29.2 Å². The lowest BCUT2D eigenvalue weighted by atomic mass is 10.2. The number of amides is 1. The van der Waals surface area contributed by atoms with Crippen LogP contribution in [0.1, 0.15) is 43.0 Å². The lowest BCUT2D eigenvalue weighted by molar-refractivity contribution is -0.138. The van der Waals surface area contributed by atoms with Crippen molar-refractivity contribution in [1.82, 2.24) is 5.32 Å². The van der Waals surface area contributed by atoms with E-state index in [-0.39, 0.29) is 15.7 Å². The van der Waals surface area contributed by atoms with E-state index in [9.17, 15) is 18.0 Å². The van der Waals surface area contributed by atoms with Gasteiger partial charge in [-0.05, 0) is 44.0 Å². The van der Waals surface area contributed by atoms with Crippen molar-refractivity contribution < 1.29 is 23.1 Å². The summed E-state index contributed by atoms with van der Waals surface area (Å²) in [4.78, 5) is 22.8. The summed E-state index contributed by atoms with van der Waals surface area (Å²) in [6.45, 7) is 1.36. The smallest absolute Gasteiger partial charge is 0.325 e. The van der Waals surface area contributed by atoms with E-state index in [2.05, 4.69) is 5.32 Å². The number of carbonyl (C=O) groups excluding carboxylic acids is 1. The van der Waals surface area contributed by atoms with Gasteiger partial charge in [0.05, 0.1) is 10.1 Å². The van der Waals surface area contributed by atoms with Gasteiger partial charge < -0.3 is 10.4 Å². The van der Waals surface area contributed by atoms with E-state index in [1.807, 2.05) is 0 Å². The monoisotopic (exact) mass is 325 g/mol. The van der Waals surface area contributed by atoms with Crippen molar-refractivity contribution in [3.63, 3.8) is 0 Å². The molecule has 1 fully saturated rings. The van der Waals surface area contributed by atoms with Gasteiger partial charge in [-0.25, -0.2) is 8.42 Å². The Morgan fingerprint density at radius 2 is 1.73 bits per heavy atom. The maximum atomic E-state index is 12.4. The number of benzene rings is 1. The molecule has 0 radical (unpaired) electrons. The van der Waals surface area contributed by atoms with Crippen LogP contribution in [-0.4, -0.2) is 36.7 Å². The molecule has 2 N–H and O–H groups in total. The maximum Gasteiger partial charge on any atom is 0.325 e. The molecule has 1 aromatic rings.